The van der Waals surface area contributed by atoms with Gasteiger partial charge >= 0.3 is 24.7 Å². The van der Waals surface area contributed by atoms with Crippen LogP contribution in [0.25, 0.3) is 22.8 Å². The first-order valence-electron chi connectivity index (χ1n) is 16.6. The lowest BCUT2D eigenvalue weighted by molar-refractivity contribution is -0.208. The molecule has 1 fully saturated rings. The van der Waals surface area contributed by atoms with Crippen molar-refractivity contribution in [2.24, 2.45) is 0 Å². The van der Waals surface area contributed by atoms with Gasteiger partial charge in [0.05, 0.1) is 24.3 Å². The van der Waals surface area contributed by atoms with E-state index in [1.165, 1.54) is 24.3 Å². The predicted octanol–water partition coefficient (Wildman–Crippen LogP) is 8.30. The summed E-state index contributed by atoms with van der Waals surface area (Å²) >= 11 is 0. The van der Waals surface area contributed by atoms with Crippen LogP contribution in [0.1, 0.15) is 33.4 Å². The van der Waals surface area contributed by atoms with Gasteiger partial charge in [-0.3, -0.25) is 0 Å². The quantitative estimate of drug-likeness (QED) is 0.116. The second-order valence-electron chi connectivity index (χ2n) is 12.4. The molecular weight excluding hydrogens is 804 g/mol. The van der Waals surface area contributed by atoms with Gasteiger partial charge in [0.25, 0.3) is 0 Å². The van der Waals surface area contributed by atoms with E-state index < -0.39 is 54.6 Å². The van der Waals surface area contributed by atoms with Gasteiger partial charge in [0.2, 0.25) is 11.6 Å². The van der Waals surface area contributed by atoms with Crippen LogP contribution in [-0.4, -0.2) is 77.1 Å². The number of aliphatic hydroxyl groups is 1. The molecule has 0 amide bonds. The van der Waals surface area contributed by atoms with Crippen LogP contribution in [0.4, 0.5) is 52.7 Å². The Hall–Kier alpha value is -5.90. The standard InChI is InChI=1S/C18H14F6N4O.C15H11F3N4.C3H3F3O/c19-17(20,21)13-7-5-11(6-8-13)9-12-3-1-2-4-14(12)16-25-27-28(26-16)10-15(29)18(22,23)24;16-15(17,18)12-7-5-10(6-8-12)9-11-3-1-2-4-13(11)14-19-21-22-20-14;4-3(5,6)2-1-7-2/h1-8,15,29H,9-10H2;1-8H,9H2,(H,19,20,21,22);2H,1H2. The molecule has 2 unspecified atom stereocenters. The highest BCUT2D eigenvalue weighted by Gasteiger charge is 2.49. The monoisotopic (exact) mass is 832 g/mol. The number of epoxide rings is 1. The fraction of sp³-hybridized carbons (Fsp3) is 0.278. The highest BCUT2D eigenvalue weighted by molar-refractivity contribution is 5.61. The first-order valence-corrected chi connectivity index (χ1v) is 16.6. The lowest BCUT2D eigenvalue weighted by Gasteiger charge is -2.12. The molecule has 58 heavy (non-hydrogen) atoms. The zero-order valence-corrected chi connectivity index (χ0v) is 29.2. The highest BCUT2D eigenvalue weighted by Crippen LogP contribution is 2.32. The number of hydrogen-bond acceptors (Lipinski definition) is 8. The van der Waals surface area contributed by atoms with Crippen molar-refractivity contribution in [1.82, 2.24) is 40.8 Å². The van der Waals surface area contributed by atoms with Crippen molar-refractivity contribution < 1.29 is 62.5 Å². The van der Waals surface area contributed by atoms with E-state index in [9.17, 15) is 52.7 Å². The maximum Gasteiger partial charge on any atom is 0.416 e. The van der Waals surface area contributed by atoms with Crippen molar-refractivity contribution in [3.05, 3.63) is 130 Å². The van der Waals surface area contributed by atoms with Crippen molar-refractivity contribution >= 4 is 0 Å². The average Bonchev–Trinajstić information content (AvgIpc) is 3.71. The summed E-state index contributed by atoms with van der Waals surface area (Å²) < 4.78 is 150. The van der Waals surface area contributed by atoms with E-state index in [4.69, 9.17) is 5.11 Å². The molecule has 4 aromatic carbocycles. The summed E-state index contributed by atoms with van der Waals surface area (Å²) in [5.41, 5.74) is 2.82. The summed E-state index contributed by atoms with van der Waals surface area (Å²) in [5, 5.41) is 34.0. The average molecular weight is 833 g/mol. The minimum absolute atomic E-state index is 0.0434. The maximum absolute atomic E-state index is 12.7. The number of nitrogens with one attached hydrogen (secondary N) is 1. The van der Waals surface area contributed by atoms with Gasteiger partial charge < -0.3 is 9.84 Å². The fourth-order valence-electron chi connectivity index (χ4n) is 5.05. The van der Waals surface area contributed by atoms with Gasteiger partial charge in [-0.2, -0.15) is 62.7 Å². The second-order valence-corrected chi connectivity index (χ2v) is 12.4. The Morgan fingerprint density at radius 2 is 1.12 bits per heavy atom. The Bertz CT molecular complexity index is 2200. The Morgan fingerprint density at radius 1 is 0.655 bits per heavy atom. The zero-order valence-electron chi connectivity index (χ0n) is 29.2. The molecule has 2 atom stereocenters. The molecule has 10 nitrogen and oxygen atoms in total. The van der Waals surface area contributed by atoms with Crippen LogP contribution >= 0.6 is 0 Å². The highest BCUT2D eigenvalue weighted by atomic mass is 19.4. The molecule has 308 valence electrons. The third-order valence-corrected chi connectivity index (χ3v) is 8.08. The number of nitrogens with zero attached hydrogens (tertiary/aromatic N) is 7. The molecule has 3 heterocycles. The number of aromatic amines is 1. The van der Waals surface area contributed by atoms with Gasteiger partial charge in [-0.25, -0.2) is 0 Å². The Labute approximate surface area is 319 Å². The van der Waals surface area contributed by atoms with E-state index in [-0.39, 0.29) is 18.9 Å². The topological polar surface area (TPSA) is 131 Å². The lowest BCUT2D eigenvalue weighted by Crippen LogP contribution is -2.33. The first-order chi connectivity index (χ1) is 27.2. The van der Waals surface area contributed by atoms with Crippen LogP contribution in [-0.2, 0) is 36.5 Å². The van der Waals surface area contributed by atoms with Crippen molar-refractivity contribution in [1.29, 1.82) is 0 Å². The number of tetrazole rings is 2. The number of halogens is 12. The molecule has 0 saturated carbocycles. The van der Waals surface area contributed by atoms with Crippen molar-refractivity contribution in [3.8, 4) is 22.8 Å². The number of benzene rings is 4. The Morgan fingerprint density at radius 3 is 1.50 bits per heavy atom. The molecule has 1 saturated heterocycles. The third kappa shape index (κ3) is 12.3. The van der Waals surface area contributed by atoms with E-state index in [0.29, 0.717) is 33.7 Å². The molecule has 0 spiro atoms. The fourth-order valence-corrected chi connectivity index (χ4v) is 5.05. The summed E-state index contributed by atoms with van der Waals surface area (Å²) in [6.07, 6.45) is -21.0. The number of aromatic nitrogens is 8. The number of H-pyrrole nitrogens is 1. The molecule has 1 aliphatic rings. The zero-order chi connectivity index (χ0) is 42.3. The predicted molar refractivity (Wildman–Crippen MR) is 179 cm³/mol. The molecule has 2 N–H and O–H groups in total. The van der Waals surface area contributed by atoms with Gasteiger partial charge in [0.15, 0.2) is 12.2 Å². The normalized spacial score (nSPS) is 14.8. The number of hydrogen-bond donors (Lipinski definition) is 2. The largest absolute Gasteiger partial charge is 0.416 e. The molecule has 0 aliphatic carbocycles. The van der Waals surface area contributed by atoms with Crippen LogP contribution in [0.3, 0.4) is 0 Å². The first kappa shape index (κ1) is 43.2. The third-order valence-electron chi connectivity index (χ3n) is 8.08. The van der Waals surface area contributed by atoms with Gasteiger partial charge in [0, 0.05) is 11.1 Å². The Balaban J connectivity index is 0.000000194. The van der Waals surface area contributed by atoms with Crippen LogP contribution in [0, 0.1) is 0 Å². The summed E-state index contributed by atoms with van der Waals surface area (Å²) in [6.45, 7) is -1.05. The number of aliphatic hydroxyl groups excluding tert-OH is 1. The van der Waals surface area contributed by atoms with Crippen LogP contribution in [0.15, 0.2) is 97.1 Å². The number of ether oxygens (including phenoxy) is 1. The summed E-state index contributed by atoms with van der Waals surface area (Å²) in [7, 11) is 0. The Kier molecular flexibility index (Phi) is 13.2. The van der Waals surface area contributed by atoms with E-state index in [1.807, 2.05) is 24.3 Å². The van der Waals surface area contributed by atoms with E-state index in [1.54, 1.807) is 24.3 Å². The second kappa shape index (κ2) is 17.7. The minimum atomic E-state index is -4.81. The molecule has 1 aliphatic heterocycles. The van der Waals surface area contributed by atoms with Crippen molar-refractivity contribution in [2.45, 2.75) is 56.3 Å². The number of alkyl halides is 12. The molecule has 0 bridgehead atoms. The van der Waals surface area contributed by atoms with Gasteiger partial charge in [-0.05, 0) is 69.8 Å². The lowest BCUT2D eigenvalue weighted by atomic mass is 9.98. The molecule has 22 heteroatoms. The molecule has 2 aromatic heterocycles. The van der Waals surface area contributed by atoms with Gasteiger partial charge in [-0.1, -0.05) is 72.8 Å². The minimum Gasteiger partial charge on any atom is -0.382 e. The molecule has 6 aromatic rings. The van der Waals surface area contributed by atoms with Gasteiger partial charge in [0.1, 0.15) is 0 Å². The van der Waals surface area contributed by atoms with Crippen molar-refractivity contribution in [2.75, 3.05) is 6.61 Å². The smallest absolute Gasteiger partial charge is 0.382 e. The van der Waals surface area contributed by atoms with E-state index in [2.05, 4.69) is 40.8 Å². The van der Waals surface area contributed by atoms with Gasteiger partial charge in [-0.15, -0.1) is 20.4 Å². The molecular formula is C36H28F12N8O2. The number of rotatable bonds is 8. The molecule has 0 radical (unpaired) electrons. The summed E-state index contributed by atoms with van der Waals surface area (Å²) in [4.78, 5) is 0.641. The van der Waals surface area contributed by atoms with Crippen LogP contribution in [0.2, 0.25) is 0 Å². The molecule has 7 rings (SSSR count). The maximum atomic E-state index is 12.7. The van der Waals surface area contributed by atoms with E-state index >= 15 is 0 Å². The van der Waals surface area contributed by atoms with Crippen LogP contribution < -0.4 is 0 Å². The SMILES string of the molecule is FC(F)(F)C1CO1.FC(F)(F)c1ccc(Cc2ccccc2-c2nn[nH]n2)cc1.OC(Cn1nnc(-c2ccccc2Cc2ccc(C(F)(F)F)cc2)n1)C(F)(F)F. The summed E-state index contributed by atoms with van der Waals surface area (Å²) in [6, 6.07) is 24.0. The van der Waals surface area contributed by atoms with Crippen LogP contribution in [0.5, 0.6) is 0 Å². The van der Waals surface area contributed by atoms with E-state index in [0.717, 1.165) is 41.0 Å². The van der Waals surface area contributed by atoms with Crippen molar-refractivity contribution in [3.63, 3.8) is 0 Å². The summed E-state index contributed by atoms with van der Waals surface area (Å²) in [5.74, 6) is 0.504.